The van der Waals surface area contributed by atoms with E-state index in [1.165, 1.54) is 38.8 Å². The second-order valence-electron chi connectivity index (χ2n) is 6.03. The molecule has 94 valence electrons. The van der Waals surface area contributed by atoms with Crippen molar-refractivity contribution in [2.75, 3.05) is 13.1 Å². The maximum Gasteiger partial charge on any atom is 0.0115 e. The Bertz CT molecular complexity index is 185. The highest BCUT2D eigenvalue weighted by atomic mass is 15.3. The van der Waals surface area contributed by atoms with E-state index in [0.29, 0.717) is 0 Å². The van der Waals surface area contributed by atoms with Crippen LogP contribution in [-0.2, 0) is 0 Å². The first-order valence-corrected chi connectivity index (χ1v) is 7.11. The lowest BCUT2D eigenvalue weighted by Gasteiger charge is -2.32. The highest BCUT2D eigenvalue weighted by molar-refractivity contribution is 4.86. The van der Waals surface area contributed by atoms with E-state index in [2.05, 4.69) is 37.5 Å². The Labute approximate surface area is 101 Å². The van der Waals surface area contributed by atoms with E-state index < -0.39 is 0 Å². The standard InChI is InChI=1S/C14H28N2/c1-11-5-6-12(2)15(11)9-10-16-13(3)7-8-14(16)4/h11-14H,5-10H2,1-4H3. The van der Waals surface area contributed by atoms with Crippen molar-refractivity contribution in [1.82, 2.24) is 9.80 Å². The molecular formula is C14H28N2. The van der Waals surface area contributed by atoms with Crippen molar-refractivity contribution in [2.45, 2.75) is 77.5 Å². The number of nitrogens with zero attached hydrogens (tertiary/aromatic N) is 2. The quantitative estimate of drug-likeness (QED) is 0.727. The second kappa shape index (κ2) is 5.05. The molecule has 2 aliphatic rings. The number of hydrogen-bond acceptors (Lipinski definition) is 2. The van der Waals surface area contributed by atoms with Gasteiger partial charge in [-0.1, -0.05) is 0 Å². The van der Waals surface area contributed by atoms with Crippen LogP contribution in [0.1, 0.15) is 53.4 Å². The summed E-state index contributed by atoms with van der Waals surface area (Å²) >= 11 is 0. The lowest BCUT2D eigenvalue weighted by atomic mass is 10.2. The van der Waals surface area contributed by atoms with Gasteiger partial charge in [0.2, 0.25) is 0 Å². The van der Waals surface area contributed by atoms with E-state index in [9.17, 15) is 0 Å². The average Bonchev–Trinajstić information content (AvgIpc) is 2.72. The summed E-state index contributed by atoms with van der Waals surface area (Å²) in [5.41, 5.74) is 0. The van der Waals surface area contributed by atoms with Gasteiger partial charge in [-0.3, -0.25) is 9.80 Å². The molecule has 0 aromatic carbocycles. The van der Waals surface area contributed by atoms with Gasteiger partial charge in [-0.15, -0.1) is 0 Å². The summed E-state index contributed by atoms with van der Waals surface area (Å²) in [4.78, 5) is 5.41. The predicted molar refractivity (Wildman–Crippen MR) is 69.7 cm³/mol. The van der Waals surface area contributed by atoms with Gasteiger partial charge in [0.1, 0.15) is 0 Å². The van der Waals surface area contributed by atoms with Crippen molar-refractivity contribution in [1.29, 1.82) is 0 Å². The Balaban J connectivity index is 1.82. The van der Waals surface area contributed by atoms with Crippen LogP contribution in [0.3, 0.4) is 0 Å². The molecule has 16 heavy (non-hydrogen) atoms. The molecule has 2 saturated heterocycles. The molecule has 0 spiro atoms. The fraction of sp³-hybridized carbons (Fsp3) is 1.00. The first-order valence-electron chi connectivity index (χ1n) is 7.11. The summed E-state index contributed by atoms with van der Waals surface area (Å²) in [6, 6.07) is 3.23. The van der Waals surface area contributed by atoms with Crippen molar-refractivity contribution in [3.8, 4) is 0 Å². The Morgan fingerprint density at radius 3 is 1.12 bits per heavy atom. The number of likely N-dealkylation sites (tertiary alicyclic amines) is 2. The molecule has 0 N–H and O–H groups in total. The van der Waals surface area contributed by atoms with Gasteiger partial charge in [0.05, 0.1) is 0 Å². The largest absolute Gasteiger partial charge is 0.297 e. The van der Waals surface area contributed by atoms with Gasteiger partial charge in [-0.25, -0.2) is 0 Å². The van der Waals surface area contributed by atoms with Gasteiger partial charge in [-0.2, -0.15) is 0 Å². The minimum absolute atomic E-state index is 0.809. The van der Waals surface area contributed by atoms with E-state index in [0.717, 1.165) is 24.2 Å². The predicted octanol–water partition coefficient (Wildman–Crippen LogP) is 2.73. The fourth-order valence-electron chi connectivity index (χ4n) is 3.61. The Morgan fingerprint density at radius 1 is 0.625 bits per heavy atom. The minimum Gasteiger partial charge on any atom is -0.297 e. The summed E-state index contributed by atoms with van der Waals surface area (Å²) in [6.07, 6.45) is 5.58. The van der Waals surface area contributed by atoms with Gasteiger partial charge >= 0.3 is 0 Å². The SMILES string of the molecule is CC1CCC(C)N1CCN1C(C)CCC1C. The van der Waals surface area contributed by atoms with Crippen molar-refractivity contribution in [2.24, 2.45) is 0 Å². The van der Waals surface area contributed by atoms with Crippen LogP contribution < -0.4 is 0 Å². The summed E-state index contributed by atoms with van der Waals surface area (Å²) in [6.45, 7) is 12.1. The zero-order chi connectivity index (χ0) is 11.7. The van der Waals surface area contributed by atoms with Crippen molar-refractivity contribution in [3.05, 3.63) is 0 Å². The molecule has 0 amide bonds. The summed E-state index contributed by atoms with van der Waals surface area (Å²) < 4.78 is 0. The van der Waals surface area contributed by atoms with Gasteiger partial charge < -0.3 is 0 Å². The number of hydrogen-bond donors (Lipinski definition) is 0. The van der Waals surface area contributed by atoms with Crippen molar-refractivity contribution >= 4 is 0 Å². The molecule has 4 atom stereocenters. The Morgan fingerprint density at radius 2 is 0.875 bits per heavy atom. The van der Waals surface area contributed by atoms with Crippen LogP contribution >= 0.6 is 0 Å². The third-order valence-electron chi connectivity index (χ3n) is 4.89. The van der Waals surface area contributed by atoms with Crippen molar-refractivity contribution in [3.63, 3.8) is 0 Å². The normalized spacial score (nSPS) is 42.0. The van der Waals surface area contributed by atoms with Crippen LogP contribution in [0, 0.1) is 0 Å². The summed E-state index contributed by atoms with van der Waals surface area (Å²) in [5.74, 6) is 0. The summed E-state index contributed by atoms with van der Waals surface area (Å²) in [5, 5.41) is 0. The van der Waals surface area contributed by atoms with Crippen LogP contribution in [-0.4, -0.2) is 47.1 Å². The third kappa shape index (κ3) is 2.43. The Kier molecular flexibility index (Phi) is 3.91. The fourth-order valence-corrected chi connectivity index (χ4v) is 3.61. The van der Waals surface area contributed by atoms with E-state index in [-0.39, 0.29) is 0 Å². The minimum atomic E-state index is 0.809. The van der Waals surface area contributed by atoms with E-state index in [1.54, 1.807) is 0 Å². The monoisotopic (exact) mass is 224 g/mol. The molecule has 0 radical (unpaired) electrons. The molecule has 0 aliphatic carbocycles. The highest BCUT2D eigenvalue weighted by Gasteiger charge is 2.30. The molecule has 0 aromatic heterocycles. The maximum absolute atomic E-state index is 2.71. The van der Waals surface area contributed by atoms with Gasteiger partial charge in [0.25, 0.3) is 0 Å². The maximum atomic E-state index is 2.71. The molecule has 2 rings (SSSR count). The smallest absolute Gasteiger partial charge is 0.0115 e. The van der Waals surface area contributed by atoms with Gasteiger partial charge in [0, 0.05) is 37.3 Å². The average molecular weight is 224 g/mol. The molecule has 0 bridgehead atoms. The van der Waals surface area contributed by atoms with E-state index >= 15 is 0 Å². The van der Waals surface area contributed by atoms with Crippen molar-refractivity contribution < 1.29 is 0 Å². The molecule has 2 fully saturated rings. The van der Waals surface area contributed by atoms with Crippen LogP contribution in [0.5, 0.6) is 0 Å². The number of rotatable bonds is 3. The topological polar surface area (TPSA) is 6.48 Å². The summed E-state index contributed by atoms with van der Waals surface area (Å²) in [7, 11) is 0. The van der Waals surface area contributed by atoms with Crippen LogP contribution in [0.2, 0.25) is 0 Å². The second-order valence-corrected chi connectivity index (χ2v) is 6.03. The molecule has 0 saturated carbocycles. The molecule has 2 nitrogen and oxygen atoms in total. The zero-order valence-electron chi connectivity index (χ0n) is 11.4. The third-order valence-corrected chi connectivity index (χ3v) is 4.89. The lowest BCUT2D eigenvalue weighted by molar-refractivity contribution is 0.146. The van der Waals surface area contributed by atoms with Crippen LogP contribution in [0.25, 0.3) is 0 Å². The first kappa shape index (κ1) is 12.4. The Hall–Kier alpha value is -0.0800. The first-order chi connectivity index (χ1) is 7.59. The van der Waals surface area contributed by atoms with Gasteiger partial charge in [-0.05, 0) is 53.4 Å². The van der Waals surface area contributed by atoms with E-state index in [1.807, 2.05) is 0 Å². The lowest BCUT2D eigenvalue weighted by Crippen LogP contribution is -2.42. The van der Waals surface area contributed by atoms with E-state index in [4.69, 9.17) is 0 Å². The van der Waals surface area contributed by atoms with Gasteiger partial charge in [0.15, 0.2) is 0 Å². The molecule has 2 heteroatoms. The molecule has 2 heterocycles. The molecule has 0 aromatic rings. The van der Waals surface area contributed by atoms with Crippen LogP contribution in [0.4, 0.5) is 0 Å². The zero-order valence-corrected chi connectivity index (χ0v) is 11.4. The molecular weight excluding hydrogens is 196 g/mol. The molecule has 2 aliphatic heterocycles. The van der Waals surface area contributed by atoms with Crippen LogP contribution in [0.15, 0.2) is 0 Å². The highest BCUT2D eigenvalue weighted by Crippen LogP contribution is 2.26. The molecule has 4 unspecified atom stereocenters.